The molecule has 0 fully saturated rings. The van der Waals surface area contributed by atoms with E-state index in [1.807, 2.05) is 13.0 Å². The summed E-state index contributed by atoms with van der Waals surface area (Å²) in [6.07, 6.45) is 3.49. The highest BCUT2D eigenvalue weighted by Crippen LogP contribution is 2.19. The zero-order valence-electron chi connectivity index (χ0n) is 18.8. The Morgan fingerprint density at radius 2 is 1.29 bits per heavy atom. The Bertz CT molecular complexity index is 1480. The molecule has 0 saturated carbocycles. The second-order valence-electron chi connectivity index (χ2n) is 7.82. The van der Waals surface area contributed by atoms with E-state index in [4.69, 9.17) is 0 Å². The Labute approximate surface area is 178 Å². The van der Waals surface area contributed by atoms with E-state index in [0.29, 0.717) is 22.4 Å². The van der Waals surface area contributed by atoms with Crippen LogP contribution in [0.1, 0.15) is 40.4 Å². The predicted molar refractivity (Wildman–Crippen MR) is 121 cm³/mol. The summed E-state index contributed by atoms with van der Waals surface area (Å²) in [5, 5.41) is 1.67. The third-order valence-corrected chi connectivity index (χ3v) is 5.55. The summed E-state index contributed by atoms with van der Waals surface area (Å²) in [4.78, 5) is 46.5. The number of hydrogen-bond donors (Lipinski definition) is 0. The molecule has 0 bridgehead atoms. The SMILES string of the molecule is CC(=O)c1cc2c(C)cn(C)c(=O)c2n1C.CC(=O)c1cc2ccn(C)c(=O)c2n1C. The van der Waals surface area contributed by atoms with Gasteiger partial charge in [0, 0.05) is 65.2 Å². The summed E-state index contributed by atoms with van der Waals surface area (Å²) < 4.78 is 6.38. The second kappa shape index (κ2) is 7.86. The number of pyridine rings is 2. The van der Waals surface area contributed by atoms with Gasteiger partial charge in [0.1, 0.15) is 11.0 Å². The van der Waals surface area contributed by atoms with Crippen molar-refractivity contribution in [2.75, 3.05) is 0 Å². The number of hydrogen-bond acceptors (Lipinski definition) is 4. The molecular formula is C23H26N4O4. The van der Waals surface area contributed by atoms with Crippen molar-refractivity contribution in [2.45, 2.75) is 20.8 Å². The van der Waals surface area contributed by atoms with Gasteiger partial charge >= 0.3 is 0 Å². The third kappa shape index (κ3) is 3.65. The molecule has 0 aliphatic heterocycles. The van der Waals surface area contributed by atoms with Crippen molar-refractivity contribution in [3.05, 3.63) is 68.3 Å². The Balaban J connectivity index is 0.000000176. The van der Waals surface area contributed by atoms with Crippen LogP contribution in [0.5, 0.6) is 0 Å². The van der Waals surface area contributed by atoms with Crippen molar-refractivity contribution in [3.63, 3.8) is 0 Å². The lowest BCUT2D eigenvalue weighted by atomic mass is 10.2. The molecule has 0 unspecified atom stereocenters. The van der Waals surface area contributed by atoms with Gasteiger partial charge in [-0.1, -0.05) is 0 Å². The lowest BCUT2D eigenvalue weighted by Crippen LogP contribution is -2.19. The first-order valence-corrected chi connectivity index (χ1v) is 9.78. The summed E-state index contributed by atoms with van der Waals surface area (Å²) in [5.74, 6) is -0.0593. The maximum absolute atomic E-state index is 12.0. The number of aryl methyl sites for hydroxylation is 5. The molecule has 8 heteroatoms. The van der Waals surface area contributed by atoms with Gasteiger partial charge in [0.2, 0.25) is 0 Å². The Kier molecular flexibility index (Phi) is 5.59. The van der Waals surface area contributed by atoms with Crippen LogP contribution in [0.4, 0.5) is 0 Å². The highest BCUT2D eigenvalue weighted by atomic mass is 16.1. The van der Waals surface area contributed by atoms with Crippen molar-refractivity contribution in [3.8, 4) is 0 Å². The summed E-state index contributed by atoms with van der Waals surface area (Å²) in [6, 6.07) is 5.37. The van der Waals surface area contributed by atoms with Crippen LogP contribution >= 0.6 is 0 Å². The number of carbonyl (C=O) groups is 2. The lowest BCUT2D eigenvalue weighted by molar-refractivity contribution is 0.0997. The van der Waals surface area contributed by atoms with E-state index in [2.05, 4.69) is 0 Å². The first-order chi connectivity index (χ1) is 14.5. The summed E-state index contributed by atoms with van der Waals surface area (Å²) in [6.45, 7) is 4.94. The van der Waals surface area contributed by atoms with Crippen LogP contribution in [0.25, 0.3) is 21.8 Å². The van der Waals surface area contributed by atoms with Gasteiger partial charge in [0.05, 0.1) is 11.4 Å². The molecule has 0 spiro atoms. The number of nitrogens with zero attached hydrogens (tertiary/aromatic N) is 4. The van der Waals surface area contributed by atoms with Gasteiger partial charge in [-0.15, -0.1) is 0 Å². The molecule has 4 aromatic rings. The van der Waals surface area contributed by atoms with Gasteiger partial charge in [-0.25, -0.2) is 0 Å². The van der Waals surface area contributed by atoms with E-state index in [9.17, 15) is 19.2 Å². The topological polar surface area (TPSA) is 88.0 Å². The summed E-state index contributed by atoms with van der Waals surface area (Å²) >= 11 is 0. The fraction of sp³-hybridized carbons (Fsp3) is 0.304. The minimum absolute atomic E-state index is 0.0276. The lowest BCUT2D eigenvalue weighted by Gasteiger charge is -2.03. The molecule has 8 nitrogen and oxygen atoms in total. The average molecular weight is 422 g/mol. The van der Waals surface area contributed by atoms with Crippen molar-refractivity contribution < 1.29 is 9.59 Å². The molecule has 162 valence electrons. The van der Waals surface area contributed by atoms with Crippen molar-refractivity contribution >= 4 is 33.4 Å². The van der Waals surface area contributed by atoms with Crippen LogP contribution in [-0.4, -0.2) is 29.8 Å². The quantitative estimate of drug-likeness (QED) is 0.464. The molecule has 0 aromatic carbocycles. The van der Waals surface area contributed by atoms with Crippen LogP contribution in [0.15, 0.2) is 40.2 Å². The van der Waals surface area contributed by atoms with E-state index in [0.717, 1.165) is 16.3 Å². The van der Waals surface area contributed by atoms with Gasteiger partial charge in [-0.05, 0) is 30.7 Å². The smallest absolute Gasteiger partial charge is 0.274 e. The zero-order valence-corrected chi connectivity index (χ0v) is 18.8. The highest BCUT2D eigenvalue weighted by Gasteiger charge is 2.15. The molecule has 31 heavy (non-hydrogen) atoms. The first kappa shape index (κ1) is 22.0. The second-order valence-corrected chi connectivity index (χ2v) is 7.82. The van der Waals surface area contributed by atoms with E-state index in [1.54, 1.807) is 66.4 Å². The summed E-state index contributed by atoms with van der Waals surface area (Å²) in [5.41, 5.74) is 3.14. The Hall–Kier alpha value is -3.68. The normalized spacial score (nSPS) is 10.9. The zero-order chi connectivity index (χ0) is 23.2. The van der Waals surface area contributed by atoms with Crippen molar-refractivity contribution in [1.82, 2.24) is 18.3 Å². The minimum atomic E-state index is -0.0810. The maximum Gasteiger partial charge on any atom is 0.274 e. The first-order valence-electron chi connectivity index (χ1n) is 9.78. The van der Waals surface area contributed by atoms with Crippen LogP contribution < -0.4 is 11.1 Å². The molecule has 0 radical (unpaired) electrons. The maximum atomic E-state index is 12.0. The molecule has 4 aromatic heterocycles. The van der Waals surface area contributed by atoms with Crippen LogP contribution in [0.2, 0.25) is 0 Å². The van der Waals surface area contributed by atoms with Crippen LogP contribution in [0.3, 0.4) is 0 Å². The molecule has 0 aliphatic carbocycles. The number of aromatic nitrogens is 4. The molecule has 0 amide bonds. The Morgan fingerprint density at radius 3 is 1.87 bits per heavy atom. The van der Waals surface area contributed by atoms with E-state index < -0.39 is 0 Å². The van der Waals surface area contributed by atoms with E-state index >= 15 is 0 Å². The largest absolute Gasteiger partial charge is 0.337 e. The third-order valence-electron chi connectivity index (χ3n) is 5.55. The van der Waals surface area contributed by atoms with Crippen molar-refractivity contribution in [2.24, 2.45) is 28.2 Å². The van der Waals surface area contributed by atoms with E-state index in [1.165, 1.54) is 18.4 Å². The van der Waals surface area contributed by atoms with Gasteiger partial charge in [-0.3, -0.25) is 19.2 Å². The number of ketones is 2. The molecule has 0 saturated heterocycles. The van der Waals surface area contributed by atoms with Gasteiger partial charge < -0.3 is 18.3 Å². The molecular weight excluding hydrogens is 396 g/mol. The van der Waals surface area contributed by atoms with Gasteiger partial charge in [0.15, 0.2) is 11.6 Å². The predicted octanol–water partition coefficient (Wildman–Crippen LogP) is 2.47. The van der Waals surface area contributed by atoms with E-state index in [-0.39, 0.29) is 22.7 Å². The highest BCUT2D eigenvalue weighted by molar-refractivity contribution is 5.99. The molecule has 4 heterocycles. The van der Waals surface area contributed by atoms with Crippen molar-refractivity contribution in [1.29, 1.82) is 0 Å². The van der Waals surface area contributed by atoms with Gasteiger partial charge in [0.25, 0.3) is 11.1 Å². The number of rotatable bonds is 2. The fourth-order valence-electron chi connectivity index (χ4n) is 3.87. The molecule has 0 N–H and O–H groups in total. The Morgan fingerprint density at radius 1 is 0.774 bits per heavy atom. The minimum Gasteiger partial charge on any atom is -0.337 e. The number of Topliss-reactive ketones (excluding diaryl/α,β-unsaturated/α-hetero) is 2. The van der Waals surface area contributed by atoms with Gasteiger partial charge in [-0.2, -0.15) is 0 Å². The molecule has 0 atom stereocenters. The monoisotopic (exact) mass is 422 g/mol. The molecule has 0 aliphatic rings. The molecule has 4 rings (SSSR count). The number of carbonyl (C=O) groups excluding carboxylic acids is 2. The average Bonchev–Trinajstić information content (AvgIpc) is 3.22. The van der Waals surface area contributed by atoms with Crippen LogP contribution in [0, 0.1) is 6.92 Å². The van der Waals surface area contributed by atoms with Crippen LogP contribution in [-0.2, 0) is 28.2 Å². The standard InChI is InChI=1S/C12H14N2O2.C11H12N2O2/c1-7-6-13(3)12(16)11-9(7)5-10(8(2)15)14(11)4;1-7(14)9-6-8-4-5-12(2)11(15)10(8)13(9)3/h5-6H,1-4H3;4-6H,1-3H3. The summed E-state index contributed by atoms with van der Waals surface area (Å²) in [7, 11) is 6.90. The fourth-order valence-corrected chi connectivity index (χ4v) is 3.87. The number of fused-ring (bicyclic) bond motifs is 2.